The number of nitrogens with zero attached hydrogens (tertiary/aromatic N) is 3. The first-order valence-electron chi connectivity index (χ1n) is 7.09. The van der Waals surface area contributed by atoms with Crippen molar-refractivity contribution in [3.63, 3.8) is 0 Å². The van der Waals surface area contributed by atoms with Crippen molar-refractivity contribution in [1.82, 2.24) is 14.8 Å². The Labute approximate surface area is 138 Å². The predicted octanol–water partition coefficient (Wildman–Crippen LogP) is 5.06. The van der Waals surface area contributed by atoms with Crippen molar-refractivity contribution in [3.8, 4) is 11.6 Å². The molecule has 0 amide bonds. The molecule has 0 aliphatic rings. The van der Waals surface area contributed by atoms with Crippen LogP contribution in [0.15, 0.2) is 52.2 Å². The number of aromatic nitrogens is 3. The molecule has 1 unspecified atom stereocenters. The van der Waals surface area contributed by atoms with Crippen LogP contribution in [0.4, 0.5) is 0 Å². The lowest BCUT2D eigenvalue weighted by atomic mass is 10.2. The van der Waals surface area contributed by atoms with Crippen LogP contribution in [0.5, 0.6) is 0 Å². The summed E-state index contributed by atoms with van der Waals surface area (Å²) in [7, 11) is 0. The molecule has 0 aliphatic carbocycles. The Morgan fingerprint density at radius 2 is 2.05 bits per heavy atom. The molecule has 22 heavy (non-hydrogen) atoms. The lowest BCUT2D eigenvalue weighted by molar-refractivity contribution is 0.567. The largest absolute Gasteiger partial charge is 0.461 e. The van der Waals surface area contributed by atoms with Gasteiger partial charge < -0.3 is 4.42 Å². The van der Waals surface area contributed by atoms with Gasteiger partial charge in [-0.2, -0.15) is 0 Å². The van der Waals surface area contributed by atoms with Gasteiger partial charge in [0.1, 0.15) is 0 Å². The number of benzene rings is 1. The van der Waals surface area contributed by atoms with Gasteiger partial charge in [-0.1, -0.05) is 41.6 Å². The van der Waals surface area contributed by atoms with Crippen LogP contribution in [0.3, 0.4) is 0 Å². The molecule has 0 N–H and O–H groups in total. The van der Waals surface area contributed by atoms with Crippen LogP contribution >= 0.6 is 23.4 Å². The van der Waals surface area contributed by atoms with Crippen LogP contribution in [0, 0.1) is 0 Å². The van der Waals surface area contributed by atoms with Crippen LogP contribution in [0.1, 0.15) is 24.7 Å². The summed E-state index contributed by atoms with van der Waals surface area (Å²) < 4.78 is 7.48. The molecule has 2 aromatic heterocycles. The molecular formula is C16H16ClN3OS. The third-order valence-electron chi connectivity index (χ3n) is 3.40. The summed E-state index contributed by atoms with van der Waals surface area (Å²) in [6.45, 7) is 4.97. The second-order valence-corrected chi connectivity index (χ2v) is 6.52. The number of hydrogen-bond acceptors (Lipinski definition) is 4. The lowest BCUT2D eigenvalue weighted by Gasteiger charge is -2.13. The summed E-state index contributed by atoms with van der Waals surface area (Å²) in [5, 5.41) is 10.4. The zero-order valence-corrected chi connectivity index (χ0v) is 13.9. The Kier molecular flexibility index (Phi) is 4.55. The number of furan rings is 1. The molecule has 0 spiro atoms. The number of thioether (sulfide) groups is 1. The summed E-state index contributed by atoms with van der Waals surface area (Å²) in [4.78, 5) is 0. The van der Waals surface area contributed by atoms with Crippen molar-refractivity contribution in [2.45, 2.75) is 30.8 Å². The summed E-state index contributed by atoms with van der Waals surface area (Å²) in [6, 6.07) is 11.6. The zero-order valence-electron chi connectivity index (χ0n) is 12.4. The smallest absolute Gasteiger partial charge is 0.200 e. The number of hydrogen-bond donors (Lipinski definition) is 0. The van der Waals surface area contributed by atoms with Crippen molar-refractivity contribution >= 4 is 23.4 Å². The maximum absolute atomic E-state index is 6.27. The Morgan fingerprint density at radius 3 is 2.73 bits per heavy atom. The first kappa shape index (κ1) is 15.2. The molecule has 114 valence electrons. The first-order chi connectivity index (χ1) is 10.7. The van der Waals surface area contributed by atoms with Crippen molar-refractivity contribution in [1.29, 1.82) is 0 Å². The van der Waals surface area contributed by atoms with E-state index in [1.165, 1.54) is 0 Å². The minimum absolute atomic E-state index is 0.188. The van der Waals surface area contributed by atoms with E-state index in [2.05, 4.69) is 28.6 Å². The van der Waals surface area contributed by atoms with E-state index in [4.69, 9.17) is 16.0 Å². The normalized spacial score (nSPS) is 12.5. The van der Waals surface area contributed by atoms with Crippen LogP contribution in [0.25, 0.3) is 11.6 Å². The molecule has 4 nitrogen and oxygen atoms in total. The van der Waals surface area contributed by atoms with Crippen molar-refractivity contribution in [2.75, 3.05) is 0 Å². The summed E-state index contributed by atoms with van der Waals surface area (Å²) in [6.07, 6.45) is 1.64. The molecule has 0 fully saturated rings. The molecule has 3 aromatic rings. The van der Waals surface area contributed by atoms with Gasteiger partial charge in [-0.05, 0) is 37.6 Å². The van der Waals surface area contributed by atoms with Crippen molar-refractivity contribution in [3.05, 3.63) is 53.2 Å². The van der Waals surface area contributed by atoms with Gasteiger partial charge in [-0.15, -0.1) is 10.2 Å². The van der Waals surface area contributed by atoms with Gasteiger partial charge >= 0.3 is 0 Å². The molecule has 0 radical (unpaired) electrons. The highest BCUT2D eigenvalue weighted by Gasteiger charge is 2.19. The highest BCUT2D eigenvalue weighted by Crippen LogP contribution is 2.38. The summed E-state index contributed by atoms with van der Waals surface area (Å²) in [5.41, 5.74) is 1.10. The maximum Gasteiger partial charge on any atom is 0.200 e. The lowest BCUT2D eigenvalue weighted by Crippen LogP contribution is -2.00. The van der Waals surface area contributed by atoms with Crippen LogP contribution in [0.2, 0.25) is 5.02 Å². The molecule has 0 bridgehead atoms. The van der Waals surface area contributed by atoms with Gasteiger partial charge in [0.05, 0.1) is 6.26 Å². The minimum atomic E-state index is 0.188. The summed E-state index contributed by atoms with van der Waals surface area (Å²) in [5.74, 6) is 1.48. The Balaban J connectivity index is 1.88. The van der Waals surface area contributed by atoms with Gasteiger partial charge in [0.15, 0.2) is 16.7 Å². The van der Waals surface area contributed by atoms with Crippen LogP contribution in [-0.4, -0.2) is 14.8 Å². The summed E-state index contributed by atoms with van der Waals surface area (Å²) >= 11 is 7.92. The highest BCUT2D eigenvalue weighted by molar-refractivity contribution is 7.99. The highest BCUT2D eigenvalue weighted by atomic mass is 35.5. The molecule has 2 heterocycles. The average molecular weight is 334 g/mol. The van der Waals surface area contributed by atoms with Crippen LogP contribution < -0.4 is 0 Å². The van der Waals surface area contributed by atoms with E-state index < -0.39 is 0 Å². The molecule has 0 saturated carbocycles. The Hall–Kier alpha value is -1.72. The molecule has 1 atom stereocenters. The fourth-order valence-corrected chi connectivity index (χ4v) is 3.72. The van der Waals surface area contributed by atoms with E-state index in [1.54, 1.807) is 18.0 Å². The van der Waals surface area contributed by atoms with Gasteiger partial charge in [-0.3, -0.25) is 4.57 Å². The van der Waals surface area contributed by atoms with Gasteiger partial charge in [0, 0.05) is 16.8 Å². The molecule has 0 saturated heterocycles. The quantitative estimate of drug-likeness (QED) is 0.612. The third kappa shape index (κ3) is 2.91. The maximum atomic E-state index is 6.27. The first-order valence-corrected chi connectivity index (χ1v) is 8.34. The van der Waals surface area contributed by atoms with Crippen molar-refractivity contribution in [2.24, 2.45) is 0 Å². The fraction of sp³-hybridized carbons (Fsp3) is 0.250. The molecular weight excluding hydrogens is 318 g/mol. The van der Waals surface area contributed by atoms with Gasteiger partial charge in [0.2, 0.25) is 0 Å². The van der Waals surface area contributed by atoms with E-state index in [0.29, 0.717) is 0 Å². The van der Waals surface area contributed by atoms with E-state index >= 15 is 0 Å². The van der Waals surface area contributed by atoms with E-state index in [0.717, 1.165) is 33.9 Å². The molecule has 6 heteroatoms. The molecule has 3 rings (SSSR count). The van der Waals surface area contributed by atoms with Crippen LogP contribution in [-0.2, 0) is 6.54 Å². The monoisotopic (exact) mass is 333 g/mol. The van der Waals surface area contributed by atoms with E-state index in [1.807, 2.05) is 36.4 Å². The van der Waals surface area contributed by atoms with Crippen molar-refractivity contribution < 1.29 is 4.42 Å². The molecule has 1 aromatic carbocycles. The minimum Gasteiger partial charge on any atom is -0.461 e. The molecule has 0 aliphatic heterocycles. The van der Waals surface area contributed by atoms with Gasteiger partial charge in [-0.25, -0.2) is 0 Å². The predicted molar refractivity (Wildman–Crippen MR) is 89.1 cm³/mol. The average Bonchev–Trinajstić information content (AvgIpc) is 3.16. The van der Waals surface area contributed by atoms with E-state index in [-0.39, 0.29) is 5.25 Å². The topological polar surface area (TPSA) is 43.9 Å². The SMILES string of the molecule is CCn1c(SC(C)c2ccccc2Cl)nnc1-c1ccco1. The standard InChI is InChI=1S/C16H16ClN3OS/c1-3-20-15(14-9-6-10-21-14)18-19-16(20)22-11(2)12-7-4-5-8-13(12)17/h4-11H,3H2,1-2H3. The van der Waals surface area contributed by atoms with E-state index in [9.17, 15) is 0 Å². The number of rotatable bonds is 5. The fourth-order valence-electron chi connectivity index (χ4n) is 2.28. The Morgan fingerprint density at radius 1 is 1.23 bits per heavy atom. The second kappa shape index (κ2) is 6.58. The Bertz CT molecular complexity index is 755. The van der Waals surface area contributed by atoms with Gasteiger partial charge in [0.25, 0.3) is 0 Å². The third-order valence-corrected chi connectivity index (χ3v) is 4.86. The number of halogens is 1. The zero-order chi connectivity index (χ0) is 15.5. The second-order valence-electron chi connectivity index (χ2n) is 4.81.